The van der Waals surface area contributed by atoms with Gasteiger partial charge in [0.15, 0.2) is 0 Å². The predicted molar refractivity (Wildman–Crippen MR) is 125 cm³/mol. The number of hydrogen-bond acceptors (Lipinski definition) is 3. The fraction of sp³-hybridized carbons (Fsp3) is 0.462. The van der Waals surface area contributed by atoms with Gasteiger partial charge in [0.25, 0.3) is 0 Å². The zero-order chi connectivity index (χ0) is 30.2. The van der Waals surface area contributed by atoms with Crippen LogP contribution in [0.1, 0.15) is 55.0 Å². The summed E-state index contributed by atoms with van der Waals surface area (Å²) in [6, 6.07) is 2.63. The number of ether oxygens (including phenoxy) is 1. The minimum absolute atomic E-state index is 0.00399. The molecule has 2 aromatic rings. The highest BCUT2D eigenvalue weighted by Gasteiger charge is 2.38. The van der Waals surface area contributed by atoms with Crippen LogP contribution in [0.15, 0.2) is 36.4 Å². The molecule has 3 rings (SSSR count). The van der Waals surface area contributed by atoms with Crippen molar-refractivity contribution in [1.29, 1.82) is 0 Å². The molecule has 1 aliphatic rings. The molecule has 2 aromatic carbocycles. The monoisotopic (exact) mass is 584 g/mol. The van der Waals surface area contributed by atoms with E-state index in [9.17, 15) is 49.1 Å². The zero-order valence-electron chi connectivity index (χ0n) is 21.5. The van der Waals surface area contributed by atoms with Crippen LogP contribution < -0.4 is 4.90 Å². The lowest BCUT2D eigenvalue weighted by Crippen LogP contribution is -2.41. The number of anilines is 1. The Morgan fingerprint density at radius 3 is 1.93 bits per heavy atom. The maximum absolute atomic E-state index is 13.5. The Hall–Kier alpha value is -3.45. The molecule has 0 aromatic heterocycles. The van der Waals surface area contributed by atoms with E-state index in [-0.39, 0.29) is 36.7 Å². The summed E-state index contributed by atoms with van der Waals surface area (Å²) < 4.78 is 126. The zero-order valence-corrected chi connectivity index (χ0v) is 21.5. The van der Waals surface area contributed by atoms with Crippen LogP contribution in [0.2, 0.25) is 0 Å². The lowest BCUT2D eigenvalue weighted by atomic mass is 9.98. The SMILES string of the molecule is CC(=O)N(Cc1cc(C(F)(F)F)cc(C(F)(F)F)c1)C1CCN(C(=O)OC(C)C)c2ccc(C(F)(F)F)cc2C1. The second kappa shape index (κ2) is 11.2. The van der Waals surface area contributed by atoms with Gasteiger partial charge in [-0.25, -0.2) is 4.79 Å². The summed E-state index contributed by atoms with van der Waals surface area (Å²) in [5.41, 5.74) is -4.55. The molecule has 1 atom stereocenters. The van der Waals surface area contributed by atoms with Crippen molar-refractivity contribution in [2.45, 2.75) is 70.8 Å². The molecule has 0 aliphatic carbocycles. The van der Waals surface area contributed by atoms with E-state index in [4.69, 9.17) is 4.74 Å². The largest absolute Gasteiger partial charge is 0.446 e. The van der Waals surface area contributed by atoms with Crippen LogP contribution >= 0.6 is 0 Å². The van der Waals surface area contributed by atoms with Crippen LogP contribution in [0.3, 0.4) is 0 Å². The Kier molecular flexibility index (Phi) is 8.70. The normalized spacial score (nSPS) is 16.4. The maximum Gasteiger partial charge on any atom is 0.416 e. The first-order chi connectivity index (χ1) is 18.3. The van der Waals surface area contributed by atoms with Gasteiger partial charge in [-0.1, -0.05) is 0 Å². The van der Waals surface area contributed by atoms with Crippen molar-refractivity contribution in [2.24, 2.45) is 0 Å². The van der Waals surface area contributed by atoms with Crippen molar-refractivity contribution in [3.8, 4) is 0 Å². The summed E-state index contributed by atoms with van der Waals surface area (Å²) in [5, 5.41) is 0. The lowest BCUT2D eigenvalue weighted by Gasteiger charge is -2.31. The highest BCUT2D eigenvalue weighted by Crippen LogP contribution is 2.38. The molecule has 1 heterocycles. The van der Waals surface area contributed by atoms with Crippen LogP contribution in [-0.2, 0) is 41.0 Å². The molecular weight excluding hydrogens is 559 g/mol. The second-order valence-corrected chi connectivity index (χ2v) is 9.63. The van der Waals surface area contributed by atoms with E-state index >= 15 is 0 Å². The van der Waals surface area contributed by atoms with Gasteiger partial charge in [0.2, 0.25) is 5.91 Å². The Balaban J connectivity index is 2.06. The van der Waals surface area contributed by atoms with Gasteiger partial charge in [-0.05, 0) is 74.2 Å². The number of nitrogens with zero attached hydrogens (tertiary/aromatic N) is 2. The van der Waals surface area contributed by atoms with Crippen molar-refractivity contribution in [2.75, 3.05) is 11.4 Å². The standard InChI is InChI=1S/C26H25F9N2O3/c1-14(2)40-23(39)36-7-6-21(11-17-10-18(24(27,28)29)4-5-22(17)36)37(15(3)38)13-16-8-19(25(30,31)32)12-20(9-16)26(33,34)35/h4-5,8-10,12,14,21H,6-7,11,13H2,1-3H3. The number of halogens is 9. The highest BCUT2D eigenvalue weighted by atomic mass is 19.4. The third-order valence-corrected chi connectivity index (χ3v) is 6.24. The summed E-state index contributed by atoms with van der Waals surface area (Å²) in [6.45, 7) is 3.34. The summed E-state index contributed by atoms with van der Waals surface area (Å²) in [7, 11) is 0. The number of amides is 2. The highest BCUT2D eigenvalue weighted by molar-refractivity contribution is 5.89. The molecule has 220 valence electrons. The Bertz CT molecular complexity index is 1220. The molecule has 0 saturated heterocycles. The summed E-state index contributed by atoms with van der Waals surface area (Å²) in [5.74, 6) is -0.734. The van der Waals surface area contributed by atoms with E-state index in [1.807, 2.05) is 0 Å². The first-order valence-corrected chi connectivity index (χ1v) is 12.0. The minimum Gasteiger partial charge on any atom is -0.446 e. The number of hydrogen-bond donors (Lipinski definition) is 0. The third-order valence-electron chi connectivity index (χ3n) is 6.24. The predicted octanol–water partition coefficient (Wildman–Crippen LogP) is 7.46. The van der Waals surface area contributed by atoms with Crippen molar-refractivity contribution < 1.29 is 53.8 Å². The van der Waals surface area contributed by atoms with Gasteiger partial charge < -0.3 is 9.64 Å². The molecule has 0 fully saturated rings. The van der Waals surface area contributed by atoms with Gasteiger partial charge in [-0.2, -0.15) is 39.5 Å². The Morgan fingerprint density at radius 1 is 0.900 bits per heavy atom. The number of rotatable bonds is 4. The van der Waals surface area contributed by atoms with Crippen LogP contribution in [0.4, 0.5) is 50.0 Å². The molecule has 0 radical (unpaired) electrons. The van der Waals surface area contributed by atoms with E-state index < -0.39 is 71.5 Å². The molecule has 0 bridgehead atoms. The first kappa shape index (κ1) is 31.1. The molecule has 1 unspecified atom stereocenters. The average molecular weight is 584 g/mol. The molecule has 0 saturated carbocycles. The molecule has 0 N–H and O–H groups in total. The number of alkyl halides is 9. The number of carbonyl (C=O) groups is 2. The summed E-state index contributed by atoms with van der Waals surface area (Å²) >= 11 is 0. The van der Waals surface area contributed by atoms with E-state index in [2.05, 4.69) is 0 Å². The topological polar surface area (TPSA) is 49.9 Å². The van der Waals surface area contributed by atoms with Crippen molar-refractivity contribution in [1.82, 2.24) is 4.90 Å². The maximum atomic E-state index is 13.5. The van der Waals surface area contributed by atoms with Crippen LogP contribution in [-0.4, -0.2) is 35.6 Å². The van der Waals surface area contributed by atoms with E-state index in [1.165, 1.54) is 0 Å². The van der Waals surface area contributed by atoms with Gasteiger partial charge in [0, 0.05) is 26.1 Å². The minimum atomic E-state index is -5.11. The molecule has 1 aliphatic heterocycles. The van der Waals surface area contributed by atoms with E-state index in [1.54, 1.807) is 13.8 Å². The van der Waals surface area contributed by atoms with Gasteiger partial charge >= 0.3 is 24.6 Å². The fourth-order valence-electron chi connectivity index (χ4n) is 4.47. The smallest absolute Gasteiger partial charge is 0.416 e. The lowest BCUT2D eigenvalue weighted by molar-refractivity contribution is -0.143. The molecule has 14 heteroatoms. The number of carbonyl (C=O) groups excluding carboxylic acids is 2. The number of fused-ring (bicyclic) bond motifs is 1. The third kappa shape index (κ3) is 7.39. The van der Waals surface area contributed by atoms with Gasteiger partial charge in [-0.15, -0.1) is 0 Å². The van der Waals surface area contributed by atoms with Crippen molar-refractivity contribution in [3.05, 3.63) is 64.2 Å². The number of benzene rings is 2. The summed E-state index contributed by atoms with van der Waals surface area (Å²) in [6.07, 6.45) is -16.7. The molecule has 0 spiro atoms. The van der Waals surface area contributed by atoms with Crippen LogP contribution in [0.5, 0.6) is 0 Å². The molecule has 40 heavy (non-hydrogen) atoms. The van der Waals surface area contributed by atoms with Crippen LogP contribution in [0, 0.1) is 0 Å². The molecule has 2 amide bonds. The Labute approximate surface area is 223 Å². The van der Waals surface area contributed by atoms with Gasteiger partial charge in [0.1, 0.15) is 0 Å². The van der Waals surface area contributed by atoms with E-state index in [0.29, 0.717) is 12.1 Å². The van der Waals surface area contributed by atoms with Crippen LogP contribution in [0.25, 0.3) is 0 Å². The summed E-state index contributed by atoms with van der Waals surface area (Å²) in [4.78, 5) is 27.5. The van der Waals surface area contributed by atoms with Crippen molar-refractivity contribution in [3.63, 3.8) is 0 Å². The quantitative estimate of drug-likeness (QED) is 0.351. The fourth-order valence-corrected chi connectivity index (χ4v) is 4.47. The van der Waals surface area contributed by atoms with E-state index in [0.717, 1.165) is 34.9 Å². The Morgan fingerprint density at radius 2 is 1.45 bits per heavy atom. The van der Waals surface area contributed by atoms with Gasteiger partial charge in [0.05, 0.1) is 28.5 Å². The second-order valence-electron chi connectivity index (χ2n) is 9.63. The van der Waals surface area contributed by atoms with Gasteiger partial charge in [-0.3, -0.25) is 9.69 Å². The first-order valence-electron chi connectivity index (χ1n) is 12.0. The average Bonchev–Trinajstić information content (AvgIpc) is 2.99. The molecule has 5 nitrogen and oxygen atoms in total. The molecular formula is C26H25F9N2O3. The van der Waals surface area contributed by atoms with Crippen molar-refractivity contribution >= 4 is 17.7 Å².